The van der Waals surface area contributed by atoms with Crippen molar-refractivity contribution < 1.29 is 14.0 Å². The summed E-state index contributed by atoms with van der Waals surface area (Å²) in [4.78, 5) is 16.9. The summed E-state index contributed by atoms with van der Waals surface area (Å²) in [5, 5.41) is 11.4. The van der Waals surface area contributed by atoms with Gasteiger partial charge in [-0.3, -0.25) is 0 Å². The molecule has 0 aliphatic heterocycles. The van der Waals surface area contributed by atoms with Gasteiger partial charge < -0.3 is 9.57 Å². The van der Waals surface area contributed by atoms with Crippen molar-refractivity contribution in [2.45, 2.75) is 20.5 Å². The Kier molecular flexibility index (Phi) is 5.53. The fraction of sp³-hybridized carbons (Fsp3) is 0.263. The van der Waals surface area contributed by atoms with Crippen LogP contribution in [0.1, 0.15) is 23.6 Å². The third kappa shape index (κ3) is 3.78. The van der Waals surface area contributed by atoms with E-state index in [-0.39, 0.29) is 18.0 Å². The first kappa shape index (κ1) is 19.3. The second kappa shape index (κ2) is 8.03. The second-order valence-electron chi connectivity index (χ2n) is 6.16. The first-order valence-corrected chi connectivity index (χ1v) is 8.50. The molecule has 0 saturated heterocycles. The molecule has 0 saturated carbocycles. The average Bonchev–Trinajstić information content (AvgIpc) is 3.00. The molecule has 0 radical (unpaired) electrons. The van der Waals surface area contributed by atoms with E-state index < -0.39 is 5.82 Å². The zero-order valence-corrected chi connectivity index (χ0v) is 16.0. The molecular formula is C19H20FN5O3. The number of halogens is 1. The zero-order chi connectivity index (χ0) is 20.3. The molecule has 0 bridgehead atoms. The summed E-state index contributed by atoms with van der Waals surface area (Å²) in [5.41, 5.74) is 2.90. The van der Waals surface area contributed by atoms with Crippen LogP contribution in [0, 0.1) is 12.7 Å². The Morgan fingerprint density at radius 1 is 1.25 bits per heavy atom. The van der Waals surface area contributed by atoms with Crippen LogP contribution in [0.25, 0.3) is 5.69 Å². The van der Waals surface area contributed by atoms with Crippen LogP contribution in [0.5, 0.6) is 5.75 Å². The lowest BCUT2D eigenvalue weighted by Crippen LogP contribution is -2.23. The Morgan fingerprint density at radius 3 is 2.68 bits per heavy atom. The Morgan fingerprint density at radius 2 is 2.04 bits per heavy atom. The largest absolute Gasteiger partial charge is 0.486 e. The molecule has 0 unspecified atom stereocenters. The second-order valence-corrected chi connectivity index (χ2v) is 6.16. The Bertz CT molecular complexity index is 1090. The molecule has 0 atom stereocenters. The van der Waals surface area contributed by atoms with Gasteiger partial charge in [-0.25, -0.2) is 9.18 Å². The van der Waals surface area contributed by atoms with E-state index in [0.717, 1.165) is 10.2 Å². The number of benzene rings is 2. The van der Waals surface area contributed by atoms with Crippen LogP contribution >= 0.6 is 0 Å². The van der Waals surface area contributed by atoms with Gasteiger partial charge in [0.05, 0.1) is 11.4 Å². The van der Waals surface area contributed by atoms with E-state index in [1.165, 1.54) is 31.0 Å². The van der Waals surface area contributed by atoms with Crippen LogP contribution in [0.4, 0.5) is 4.39 Å². The highest BCUT2D eigenvalue weighted by Crippen LogP contribution is 2.23. The van der Waals surface area contributed by atoms with Crippen molar-refractivity contribution >= 4 is 5.71 Å². The molecule has 1 aromatic heterocycles. The summed E-state index contributed by atoms with van der Waals surface area (Å²) >= 11 is 0. The number of aromatic nitrogens is 4. The predicted octanol–water partition coefficient (Wildman–Crippen LogP) is 2.36. The van der Waals surface area contributed by atoms with Crippen LogP contribution < -0.4 is 10.4 Å². The smallest absolute Gasteiger partial charge is 0.368 e. The number of ether oxygens (including phenoxy) is 1. The molecule has 1 heterocycles. The third-order valence-corrected chi connectivity index (χ3v) is 4.29. The minimum Gasteiger partial charge on any atom is -0.486 e. The molecule has 146 valence electrons. The normalized spacial score (nSPS) is 11.5. The molecule has 0 amide bonds. The van der Waals surface area contributed by atoms with Gasteiger partial charge in [0.2, 0.25) is 0 Å². The van der Waals surface area contributed by atoms with Crippen LogP contribution in [0.15, 0.2) is 46.3 Å². The van der Waals surface area contributed by atoms with E-state index >= 15 is 0 Å². The molecule has 3 rings (SSSR count). The van der Waals surface area contributed by atoms with Crippen LogP contribution in [0.3, 0.4) is 0 Å². The summed E-state index contributed by atoms with van der Waals surface area (Å²) in [6.45, 7) is 3.66. The van der Waals surface area contributed by atoms with Gasteiger partial charge in [0.1, 0.15) is 13.7 Å². The number of oxime groups is 1. The molecule has 2 aromatic carbocycles. The maximum absolute atomic E-state index is 14.4. The number of hydrogen-bond donors (Lipinski definition) is 0. The van der Waals surface area contributed by atoms with E-state index in [1.54, 1.807) is 19.1 Å². The van der Waals surface area contributed by atoms with Crippen LogP contribution in [-0.2, 0) is 18.5 Å². The van der Waals surface area contributed by atoms with Gasteiger partial charge in [-0.1, -0.05) is 17.3 Å². The number of hydrogen-bond acceptors (Lipinski definition) is 6. The highest BCUT2D eigenvalue weighted by atomic mass is 19.1. The monoisotopic (exact) mass is 385 g/mol. The molecule has 8 nitrogen and oxygen atoms in total. The lowest BCUT2D eigenvalue weighted by atomic mass is 10.1. The molecule has 28 heavy (non-hydrogen) atoms. The number of aryl methyl sites for hydroxylation is 2. The lowest BCUT2D eigenvalue weighted by Gasteiger charge is -2.13. The Labute approximate surface area is 160 Å². The van der Waals surface area contributed by atoms with Crippen molar-refractivity contribution in [3.05, 3.63) is 69.4 Å². The summed E-state index contributed by atoms with van der Waals surface area (Å²) in [6, 6.07) is 10.00. The van der Waals surface area contributed by atoms with Crippen molar-refractivity contribution in [2.24, 2.45) is 12.2 Å². The van der Waals surface area contributed by atoms with E-state index in [9.17, 15) is 9.18 Å². The number of rotatable bonds is 6. The van der Waals surface area contributed by atoms with Gasteiger partial charge in [-0.05, 0) is 54.1 Å². The maximum Gasteiger partial charge on any atom is 0.368 e. The standard InChI is InChI=1S/C19H20FN5O3/c1-12-6-5-7-17(25-19(26)24(3)22-23-25)15(12)11-28-18-9-8-14(10-16(18)20)13(2)21-27-4/h5-10H,11H2,1-4H3/b21-13+. The Hall–Kier alpha value is -3.49. The van der Waals surface area contributed by atoms with E-state index in [1.807, 2.05) is 19.1 Å². The van der Waals surface area contributed by atoms with Crippen molar-refractivity contribution in [2.75, 3.05) is 7.11 Å². The molecule has 0 fully saturated rings. The van der Waals surface area contributed by atoms with Gasteiger partial charge in [0, 0.05) is 18.2 Å². The van der Waals surface area contributed by atoms with E-state index in [4.69, 9.17) is 9.57 Å². The fourth-order valence-corrected chi connectivity index (χ4v) is 2.72. The van der Waals surface area contributed by atoms with Gasteiger partial charge in [0.25, 0.3) is 0 Å². The molecular weight excluding hydrogens is 365 g/mol. The average molecular weight is 385 g/mol. The maximum atomic E-state index is 14.4. The van der Waals surface area contributed by atoms with Crippen LogP contribution in [0.2, 0.25) is 0 Å². The summed E-state index contributed by atoms with van der Waals surface area (Å²) in [5.74, 6) is -0.426. The van der Waals surface area contributed by atoms with E-state index in [2.05, 4.69) is 15.6 Å². The molecule has 0 aliphatic carbocycles. The highest BCUT2D eigenvalue weighted by Gasteiger charge is 2.15. The summed E-state index contributed by atoms with van der Waals surface area (Å²) < 4.78 is 22.5. The van der Waals surface area contributed by atoms with Gasteiger partial charge in [-0.15, -0.1) is 0 Å². The van der Waals surface area contributed by atoms with Gasteiger partial charge in [0.15, 0.2) is 11.6 Å². The first-order chi connectivity index (χ1) is 13.4. The molecule has 0 spiro atoms. The Balaban J connectivity index is 1.89. The SMILES string of the molecule is CO/N=C(\C)c1ccc(OCc2c(C)cccc2-n2nnn(C)c2=O)c(F)c1. The fourth-order valence-electron chi connectivity index (χ4n) is 2.72. The highest BCUT2D eigenvalue weighted by molar-refractivity contribution is 5.98. The number of nitrogens with zero attached hydrogens (tertiary/aromatic N) is 5. The summed E-state index contributed by atoms with van der Waals surface area (Å²) in [7, 11) is 2.95. The zero-order valence-electron chi connectivity index (χ0n) is 16.0. The van der Waals surface area contributed by atoms with Crippen molar-refractivity contribution in [1.82, 2.24) is 19.8 Å². The minimum atomic E-state index is -0.519. The molecule has 0 N–H and O–H groups in total. The quantitative estimate of drug-likeness (QED) is 0.480. The topological polar surface area (TPSA) is 83.5 Å². The lowest BCUT2D eigenvalue weighted by molar-refractivity contribution is 0.213. The van der Waals surface area contributed by atoms with Crippen molar-refractivity contribution in [3.63, 3.8) is 0 Å². The molecule has 0 aliphatic rings. The van der Waals surface area contributed by atoms with Crippen molar-refractivity contribution in [3.8, 4) is 11.4 Å². The third-order valence-electron chi connectivity index (χ3n) is 4.29. The van der Waals surface area contributed by atoms with Gasteiger partial charge >= 0.3 is 5.69 Å². The van der Waals surface area contributed by atoms with Gasteiger partial charge in [-0.2, -0.15) is 9.36 Å². The molecule has 3 aromatic rings. The summed E-state index contributed by atoms with van der Waals surface area (Å²) in [6.07, 6.45) is 0. The van der Waals surface area contributed by atoms with Crippen LogP contribution in [-0.4, -0.2) is 32.6 Å². The predicted molar refractivity (Wildman–Crippen MR) is 101 cm³/mol. The first-order valence-electron chi connectivity index (χ1n) is 8.50. The minimum absolute atomic E-state index is 0.0619. The number of tetrazole rings is 1. The van der Waals surface area contributed by atoms with Crippen molar-refractivity contribution in [1.29, 1.82) is 0 Å². The van der Waals surface area contributed by atoms with E-state index in [0.29, 0.717) is 22.5 Å². The molecule has 9 heteroatoms.